The van der Waals surface area contributed by atoms with E-state index < -0.39 is 6.10 Å². The van der Waals surface area contributed by atoms with Crippen LogP contribution in [0.4, 0.5) is 0 Å². The molecule has 0 saturated carbocycles. The molecule has 114 valence electrons. The lowest BCUT2D eigenvalue weighted by atomic mass is 9.93. The van der Waals surface area contributed by atoms with Gasteiger partial charge in [0.15, 0.2) is 11.5 Å². The third-order valence-corrected chi connectivity index (χ3v) is 4.29. The van der Waals surface area contributed by atoms with Gasteiger partial charge in [-0.05, 0) is 43.9 Å². The van der Waals surface area contributed by atoms with E-state index in [9.17, 15) is 4.79 Å². The summed E-state index contributed by atoms with van der Waals surface area (Å²) in [5, 5.41) is 0. The maximum absolute atomic E-state index is 12.5. The molecule has 5 nitrogen and oxygen atoms in total. The normalized spacial score (nSPS) is 22.1. The number of amides is 1. The number of rotatable bonds is 3. The van der Waals surface area contributed by atoms with Crippen LogP contribution in [0.15, 0.2) is 24.3 Å². The third kappa shape index (κ3) is 3.13. The number of carbonyl (C=O) groups is 1. The fraction of sp³-hybridized carbons (Fsp3) is 0.562. The van der Waals surface area contributed by atoms with E-state index in [1.165, 1.54) is 0 Å². The van der Waals surface area contributed by atoms with Crippen molar-refractivity contribution in [1.82, 2.24) is 4.90 Å². The second-order valence-electron chi connectivity index (χ2n) is 5.71. The van der Waals surface area contributed by atoms with Gasteiger partial charge in [0.2, 0.25) is 6.10 Å². The highest BCUT2D eigenvalue weighted by atomic mass is 16.6. The van der Waals surface area contributed by atoms with E-state index in [0.717, 1.165) is 38.9 Å². The van der Waals surface area contributed by atoms with Crippen LogP contribution in [0, 0.1) is 5.92 Å². The van der Waals surface area contributed by atoms with Crippen molar-refractivity contribution in [3.05, 3.63) is 24.3 Å². The third-order valence-electron chi connectivity index (χ3n) is 4.29. The van der Waals surface area contributed by atoms with Crippen LogP contribution in [0.5, 0.6) is 11.5 Å². The Morgan fingerprint density at radius 2 is 1.95 bits per heavy atom. The molecule has 1 saturated heterocycles. The Balaban J connectivity index is 1.57. The molecule has 1 unspecified atom stereocenters. The molecule has 0 bridgehead atoms. The topological polar surface area (TPSA) is 64.8 Å². The van der Waals surface area contributed by atoms with Gasteiger partial charge in [0.25, 0.3) is 5.91 Å². The van der Waals surface area contributed by atoms with Crippen molar-refractivity contribution in [2.45, 2.75) is 25.4 Å². The smallest absolute Gasteiger partial charge is 0.267 e. The first kappa shape index (κ1) is 14.2. The van der Waals surface area contributed by atoms with Crippen molar-refractivity contribution in [1.29, 1.82) is 0 Å². The van der Waals surface area contributed by atoms with E-state index in [1.807, 2.05) is 29.2 Å². The number of piperidine rings is 1. The maximum Gasteiger partial charge on any atom is 0.267 e. The largest absolute Gasteiger partial charge is 0.485 e. The van der Waals surface area contributed by atoms with Gasteiger partial charge in [-0.2, -0.15) is 0 Å². The standard InChI is InChI=1S/C16H22N2O3/c17-8-5-12-6-9-18(10-7-12)16(19)15-11-20-13-3-1-2-4-14(13)21-15/h1-4,12,15H,5-11,17H2. The summed E-state index contributed by atoms with van der Waals surface area (Å²) in [7, 11) is 0. The van der Waals surface area contributed by atoms with Gasteiger partial charge in [-0.3, -0.25) is 4.79 Å². The number of hydrogen-bond acceptors (Lipinski definition) is 4. The molecule has 1 aromatic carbocycles. The predicted octanol–water partition coefficient (Wildman–Crippen LogP) is 1.41. The Hall–Kier alpha value is -1.75. The van der Waals surface area contributed by atoms with Gasteiger partial charge in [-0.1, -0.05) is 12.1 Å². The van der Waals surface area contributed by atoms with E-state index >= 15 is 0 Å². The second kappa shape index (κ2) is 6.35. The minimum atomic E-state index is -0.522. The van der Waals surface area contributed by atoms with Gasteiger partial charge >= 0.3 is 0 Å². The Kier molecular flexibility index (Phi) is 4.29. The van der Waals surface area contributed by atoms with E-state index in [0.29, 0.717) is 24.0 Å². The molecule has 3 rings (SSSR count). The van der Waals surface area contributed by atoms with Gasteiger partial charge < -0.3 is 20.1 Å². The zero-order chi connectivity index (χ0) is 14.7. The molecule has 5 heteroatoms. The lowest BCUT2D eigenvalue weighted by molar-refractivity contribution is -0.142. The van der Waals surface area contributed by atoms with Crippen LogP contribution in [-0.4, -0.2) is 43.2 Å². The minimum Gasteiger partial charge on any atom is -0.485 e. The average molecular weight is 290 g/mol. The highest BCUT2D eigenvalue weighted by Crippen LogP contribution is 2.31. The Morgan fingerprint density at radius 3 is 2.67 bits per heavy atom. The average Bonchev–Trinajstić information content (AvgIpc) is 2.55. The number of ether oxygens (including phenoxy) is 2. The molecular weight excluding hydrogens is 268 g/mol. The van der Waals surface area contributed by atoms with Gasteiger partial charge in [-0.15, -0.1) is 0 Å². The lowest BCUT2D eigenvalue weighted by Crippen LogP contribution is -2.49. The quantitative estimate of drug-likeness (QED) is 0.914. The van der Waals surface area contributed by atoms with Crippen molar-refractivity contribution in [3.8, 4) is 11.5 Å². The van der Waals surface area contributed by atoms with Crippen LogP contribution in [-0.2, 0) is 4.79 Å². The van der Waals surface area contributed by atoms with Crippen molar-refractivity contribution in [2.24, 2.45) is 11.7 Å². The zero-order valence-corrected chi connectivity index (χ0v) is 12.2. The summed E-state index contributed by atoms with van der Waals surface area (Å²) < 4.78 is 11.4. The van der Waals surface area contributed by atoms with Crippen molar-refractivity contribution in [2.75, 3.05) is 26.2 Å². The molecule has 1 aromatic rings. The molecule has 1 fully saturated rings. The monoisotopic (exact) mass is 290 g/mol. The first-order valence-corrected chi connectivity index (χ1v) is 7.65. The number of fused-ring (bicyclic) bond motifs is 1. The molecule has 1 amide bonds. The molecular formula is C16H22N2O3. The summed E-state index contributed by atoms with van der Waals surface area (Å²) in [6.45, 7) is 2.61. The molecule has 2 heterocycles. The number of benzene rings is 1. The molecule has 2 aliphatic heterocycles. The number of likely N-dealkylation sites (tertiary alicyclic amines) is 1. The van der Waals surface area contributed by atoms with Crippen molar-refractivity contribution >= 4 is 5.91 Å². The Labute approximate surface area is 125 Å². The van der Waals surface area contributed by atoms with Crippen molar-refractivity contribution in [3.63, 3.8) is 0 Å². The van der Waals surface area contributed by atoms with Gasteiger partial charge in [-0.25, -0.2) is 0 Å². The van der Waals surface area contributed by atoms with Crippen LogP contribution in [0.2, 0.25) is 0 Å². The summed E-state index contributed by atoms with van der Waals surface area (Å²) in [5.74, 6) is 2.06. The number of carbonyl (C=O) groups excluding carboxylic acids is 1. The van der Waals surface area contributed by atoms with Crippen LogP contribution in [0.1, 0.15) is 19.3 Å². The summed E-state index contributed by atoms with van der Waals surface area (Å²) in [6, 6.07) is 7.47. The molecule has 0 aromatic heterocycles. The summed E-state index contributed by atoms with van der Waals surface area (Å²) >= 11 is 0. The highest BCUT2D eigenvalue weighted by Gasteiger charge is 2.32. The van der Waals surface area contributed by atoms with Crippen LogP contribution in [0.25, 0.3) is 0 Å². The van der Waals surface area contributed by atoms with Crippen molar-refractivity contribution < 1.29 is 14.3 Å². The lowest BCUT2D eigenvalue weighted by Gasteiger charge is -2.35. The first-order chi connectivity index (χ1) is 10.3. The van der Waals surface area contributed by atoms with Gasteiger partial charge in [0, 0.05) is 13.1 Å². The molecule has 2 aliphatic rings. The predicted molar refractivity (Wildman–Crippen MR) is 79.3 cm³/mol. The Morgan fingerprint density at radius 1 is 1.24 bits per heavy atom. The van der Waals surface area contributed by atoms with Gasteiger partial charge in [0.1, 0.15) is 6.61 Å². The number of hydrogen-bond donors (Lipinski definition) is 1. The Bertz CT molecular complexity index is 498. The molecule has 0 radical (unpaired) electrons. The SMILES string of the molecule is NCCC1CCN(C(=O)C2COc3ccccc3O2)CC1. The van der Waals surface area contributed by atoms with Crippen LogP contribution < -0.4 is 15.2 Å². The molecule has 1 atom stereocenters. The zero-order valence-electron chi connectivity index (χ0n) is 12.2. The van der Waals surface area contributed by atoms with E-state index in [1.54, 1.807) is 0 Å². The fourth-order valence-corrected chi connectivity index (χ4v) is 3.02. The van der Waals surface area contributed by atoms with Gasteiger partial charge in [0.05, 0.1) is 0 Å². The van der Waals surface area contributed by atoms with Crippen LogP contribution in [0.3, 0.4) is 0 Å². The number of nitrogens with two attached hydrogens (primary N) is 1. The van der Waals surface area contributed by atoms with E-state index in [-0.39, 0.29) is 5.91 Å². The highest BCUT2D eigenvalue weighted by molar-refractivity contribution is 5.82. The second-order valence-corrected chi connectivity index (χ2v) is 5.71. The summed E-state index contributed by atoms with van der Waals surface area (Å²) in [5.41, 5.74) is 5.60. The van der Waals surface area contributed by atoms with E-state index in [2.05, 4.69) is 0 Å². The molecule has 0 spiro atoms. The minimum absolute atomic E-state index is 0.0377. The number of nitrogens with zero attached hydrogens (tertiary/aromatic N) is 1. The van der Waals surface area contributed by atoms with E-state index in [4.69, 9.17) is 15.2 Å². The fourth-order valence-electron chi connectivity index (χ4n) is 3.02. The molecule has 21 heavy (non-hydrogen) atoms. The summed E-state index contributed by atoms with van der Waals surface area (Å²) in [6.07, 6.45) is 2.60. The molecule has 2 N–H and O–H groups in total. The maximum atomic E-state index is 12.5. The first-order valence-electron chi connectivity index (χ1n) is 7.65. The van der Waals surface area contributed by atoms with Crippen LogP contribution >= 0.6 is 0 Å². The summed E-state index contributed by atoms with van der Waals surface area (Å²) in [4.78, 5) is 14.4. The number of para-hydroxylation sites is 2. The molecule has 0 aliphatic carbocycles.